The maximum Gasteiger partial charge on any atom is 0.0462 e. The Bertz CT molecular complexity index is 44.3. The van der Waals surface area contributed by atoms with Gasteiger partial charge < -0.3 is 15.8 Å². The lowest BCUT2D eigenvalue weighted by atomic mass is 10.3. The van der Waals surface area contributed by atoms with E-state index in [2.05, 4.69) is 5.32 Å². The molecule has 0 bridgehead atoms. The highest BCUT2D eigenvalue weighted by Crippen LogP contribution is 1.85. The van der Waals surface area contributed by atoms with Crippen molar-refractivity contribution in [1.82, 2.24) is 5.32 Å². The normalized spacial score (nSPS) is 10.0. The molecular formula is C6H16N2O. The maximum absolute atomic E-state index is 5.20. The van der Waals surface area contributed by atoms with Gasteiger partial charge in [-0.15, -0.1) is 0 Å². The van der Waals surface area contributed by atoms with Crippen LogP contribution in [0.1, 0.15) is 12.8 Å². The van der Waals surface area contributed by atoms with Crippen molar-refractivity contribution >= 4 is 0 Å². The Morgan fingerprint density at radius 2 is 2.22 bits per heavy atom. The summed E-state index contributed by atoms with van der Waals surface area (Å²) < 4.78 is 4.86. The van der Waals surface area contributed by atoms with Crippen molar-refractivity contribution in [3.05, 3.63) is 0 Å². The van der Waals surface area contributed by atoms with Gasteiger partial charge in [-0.25, -0.2) is 0 Å². The molecule has 0 aliphatic rings. The first-order chi connectivity index (χ1) is 4.41. The van der Waals surface area contributed by atoms with Gasteiger partial charge in [0.25, 0.3) is 0 Å². The fourth-order valence-corrected chi connectivity index (χ4v) is 0.598. The summed E-state index contributed by atoms with van der Waals surface area (Å²) in [6, 6.07) is 0. The molecular weight excluding hydrogens is 116 g/mol. The summed E-state index contributed by atoms with van der Waals surface area (Å²) in [7, 11) is 1.72. The molecule has 0 saturated carbocycles. The largest absolute Gasteiger partial charge is 0.385 e. The molecule has 0 amide bonds. The fraction of sp³-hybridized carbons (Fsp3) is 1.00. The summed E-state index contributed by atoms with van der Waals surface area (Å²) in [6.07, 6.45) is 2.26. The maximum atomic E-state index is 5.20. The van der Waals surface area contributed by atoms with Crippen LogP contribution in [-0.4, -0.2) is 26.9 Å². The predicted octanol–water partition coefficient (Wildman–Crippen LogP) is -0.0812. The molecule has 0 aliphatic heterocycles. The van der Waals surface area contributed by atoms with Crippen molar-refractivity contribution in [2.75, 3.05) is 26.9 Å². The Hall–Kier alpha value is -0.120. The standard InChI is InChI=1S/C6H16N2O/c1-9-5-3-2-4-8-6-7/h8H,2-7H2,1H3. The van der Waals surface area contributed by atoms with Crippen LogP contribution in [0.4, 0.5) is 0 Å². The van der Waals surface area contributed by atoms with E-state index in [9.17, 15) is 0 Å². The molecule has 3 N–H and O–H groups in total. The molecule has 0 radical (unpaired) electrons. The Morgan fingerprint density at radius 3 is 2.78 bits per heavy atom. The number of methoxy groups -OCH3 is 1. The highest BCUT2D eigenvalue weighted by molar-refractivity contribution is 4.42. The van der Waals surface area contributed by atoms with Crippen LogP contribution in [0.15, 0.2) is 0 Å². The minimum Gasteiger partial charge on any atom is -0.385 e. The van der Waals surface area contributed by atoms with Gasteiger partial charge in [-0.05, 0) is 19.4 Å². The summed E-state index contributed by atoms with van der Waals surface area (Å²) in [5.74, 6) is 0. The average Bonchev–Trinajstić information content (AvgIpc) is 1.89. The van der Waals surface area contributed by atoms with Crippen LogP contribution in [-0.2, 0) is 4.74 Å². The third-order valence-corrected chi connectivity index (χ3v) is 1.10. The molecule has 0 atom stereocenters. The molecule has 0 aromatic carbocycles. The molecule has 0 heterocycles. The number of unbranched alkanes of at least 4 members (excludes halogenated alkanes) is 1. The number of ether oxygens (including phenoxy) is 1. The summed E-state index contributed by atoms with van der Waals surface area (Å²) in [5.41, 5.74) is 5.20. The third-order valence-electron chi connectivity index (χ3n) is 1.10. The monoisotopic (exact) mass is 132 g/mol. The van der Waals surface area contributed by atoms with Crippen LogP contribution in [0.3, 0.4) is 0 Å². The first kappa shape index (κ1) is 8.88. The molecule has 0 spiro atoms. The molecule has 56 valence electrons. The van der Waals surface area contributed by atoms with Crippen molar-refractivity contribution in [3.63, 3.8) is 0 Å². The van der Waals surface area contributed by atoms with E-state index in [1.165, 1.54) is 0 Å². The molecule has 0 saturated heterocycles. The van der Waals surface area contributed by atoms with E-state index >= 15 is 0 Å². The van der Waals surface area contributed by atoms with Gasteiger partial charge in [0, 0.05) is 20.4 Å². The van der Waals surface area contributed by atoms with E-state index in [4.69, 9.17) is 10.5 Å². The molecule has 0 aromatic heterocycles. The van der Waals surface area contributed by atoms with Gasteiger partial charge in [-0.3, -0.25) is 0 Å². The quantitative estimate of drug-likeness (QED) is 0.392. The number of nitrogens with two attached hydrogens (primary N) is 1. The lowest BCUT2D eigenvalue weighted by molar-refractivity contribution is 0.192. The lowest BCUT2D eigenvalue weighted by Crippen LogP contribution is -2.23. The number of hydrogen-bond acceptors (Lipinski definition) is 3. The molecule has 0 unspecified atom stereocenters. The SMILES string of the molecule is COCCCCNCN. The molecule has 0 aliphatic carbocycles. The minimum absolute atomic E-state index is 0.576. The summed E-state index contributed by atoms with van der Waals surface area (Å²) >= 11 is 0. The molecule has 0 fully saturated rings. The van der Waals surface area contributed by atoms with Crippen molar-refractivity contribution in [1.29, 1.82) is 0 Å². The second-order valence-electron chi connectivity index (χ2n) is 1.90. The highest BCUT2D eigenvalue weighted by atomic mass is 16.5. The van der Waals surface area contributed by atoms with E-state index in [0.29, 0.717) is 6.67 Å². The van der Waals surface area contributed by atoms with Crippen LogP contribution in [0, 0.1) is 0 Å². The highest BCUT2D eigenvalue weighted by Gasteiger charge is 1.84. The Labute approximate surface area is 56.6 Å². The van der Waals surface area contributed by atoms with Gasteiger partial charge >= 0.3 is 0 Å². The van der Waals surface area contributed by atoms with Crippen LogP contribution < -0.4 is 11.1 Å². The van der Waals surface area contributed by atoms with Gasteiger partial charge in [0.1, 0.15) is 0 Å². The first-order valence-electron chi connectivity index (χ1n) is 3.31. The second-order valence-corrected chi connectivity index (χ2v) is 1.90. The zero-order chi connectivity index (χ0) is 6.95. The number of nitrogens with one attached hydrogen (secondary N) is 1. The Balaban J connectivity index is 2.60. The summed E-state index contributed by atoms with van der Waals surface area (Å²) in [4.78, 5) is 0. The van der Waals surface area contributed by atoms with Crippen LogP contribution in [0.2, 0.25) is 0 Å². The second kappa shape index (κ2) is 7.88. The van der Waals surface area contributed by atoms with Crippen LogP contribution in [0.5, 0.6) is 0 Å². The third kappa shape index (κ3) is 7.88. The molecule has 9 heavy (non-hydrogen) atoms. The van der Waals surface area contributed by atoms with E-state index in [1.807, 2.05) is 0 Å². The molecule has 3 nitrogen and oxygen atoms in total. The van der Waals surface area contributed by atoms with E-state index in [-0.39, 0.29) is 0 Å². The smallest absolute Gasteiger partial charge is 0.0462 e. The topological polar surface area (TPSA) is 47.3 Å². The molecule has 3 heteroatoms. The van der Waals surface area contributed by atoms with Crippen molar-refractivity contribution in [3.8, 4) is 0 Å². The predicted molar refractivity (Wildman–Crippen MR) is 38.2 cm³/mol. The Morgan fingerprint density at radius 1 is 1.44 bits per heavy atom. The van der Waals surface area contributed by atoms with Gasteiger partial charge in [0.2, 0.25) is 0 Å². The summed E-state index contributed by atoms with van der Waals surface area (Å²) in [5, 5.41) is 3.03. The number of rotatable bonds is 6. The first-order valence-corrected chi connectivity index (χ1v) is 3.31. The van der Waals surface area contributed by atoms with Crippen molar-refractivity contribution in [2.45, 2.75) is 12.8 Å². The van der Waals surface area contributed by atoms with E-state index in [0.717, 1.165) is 26.0 Å². The van der Waals surface area contributed by atoms with Crippen molar-refractivity contribution < 1.29 is 4.74 Å². The van der Waals surface area contributed by atoms with Crippen LogP contribution >= 0.6 is 0 Å². The van der Waals surface area contributed by atoms with Gasteiger partial charge in [-0.2, -0.15) is 0 Å². The van der Waals surface area contributed by atoms with Gasteiger partial charge in [-0.1, -0.05) is 0 Å². The Kier molecular flexibility index (Phi) is 7.77. The van der Waals surface area contributed by atoms with Crippen LogP contribution in [0.25, 0.3) is 0 Å². The van der Waals surface area contributed by atoms with Gasteiger partial charge in [0.15, 0.2) is 0 Å². The number of hydrogen-bond donors (Lipinski definition) is 2. The van der Waals surface area contributed by atoms with Gasteiger partial charge in [0.05, 0.1) is 0 Å². The zero-order valence-electron chi connectivity index (χ0n) is 6.02. The summed E-state index contributed by atoms with van der Waals surface area (Å²) in [6.45, 7) is 2.43. The zero-order valence-corrected chi connectivity index (χ0v) is 6.02. The van der Waals surface area contributed by atoms with E-state index in [1.54, 1.807) is 7.11 Å². The lowest BCUT2D eigenvalue weighted by Gasteiger charge is -1.99. The molecule has 0 rings (SSSR count). The average molecular weight is 132 g/mol. The van der Waals surface area contributed by atoms with E-state index < -0.39 is 0 Å². The minimum atomic E-state index is 0.576. The molecule has 0 aromatic rings. The fourth-order valence-electron chi connectivity index (χ4n) is 0.598. The van der Waals surface area contributed by atoms with Crippen molar-refractivity contribution in [2.24, 2.45) is 5.73 Å².